The summed E-state index contributed by atoms with van der Waals surface area (Å²) in [6.45, 7) is 14.9. The molecule has 27 heavy (non-hydrogen) atoms. The molecule has 0 radical (unpaired) electrons. The number of rotatable bonds is 6. The van der Waals surface area contributed by atoms with E-state index < -0.39 is 0 Å². The van der Waals surface area contributed by atoms with Crippen LogP contribution in [-0.2, 0) is 0 Å². The number of nitrogens with one attached hydrogen (secondary N) is 1. The smallest absolute Gasteiger partial charge is 0.253 e. The van der Waals surface area contributed by atoms with Crippen LogP contribution in [0.4, 0.5) is 5.69 Å². The molecule has 0 saturated carbocycles. The molecule has 5 nitrogen and oxygen atoms in total. The van der Waals surface area contributed by atoms with Gasteiger partial charge in [0.15, 0.2) is 0 Å². The summed E-state index contributed by atoms with van der Waals surface area (Å²) in [6.07, 6.45) is 2.22. The number of carbonyl (C=O) groups is 1. The maximum atomic E-state index is 12.8. The van der Waals surface area contributed by atoms with Crippen molar-refractivity contribution in [3.8, 4) is 0 Å². The summed E-state index contributed by atoms with van der Waals surface area (Å²) in [4.78, 5) is 19.8. The first-order valence-corrected chi connectivity index (χ1v) is 10.7. The van der Waals surface area contributed by atoms with Crippen molar-refractivity contribution in [1.29, 1.82) is 0 Å². The Hall–Kier alpha value is -1.59. The van der Waals surface area contributed by atoms with Crippen LogP contribution in [0.25, 0.3) is 0 Å². The average molecular weight is 373 g/mol. The summed E-state index contributed by atoms with van der Waals surface area (Å²) >= 11 is 0. The summed E-state index contributed by atoms with van der Waals surface area (Å²) < 4.78 is 0. The molecule has 2 fully saturated rings. The van der Waals surface area contributed by atoms with E-state index in [1.54, 1.807) is 0 Å². The van der Waals surface area contributed by atoms with Crippen molar-refractivity contribution in [2.24, 2.45) is 5.92 Å². The molecule has 0 unspecified atom stereocenters. The number of carbonyl (C=O) groups excluding carboxylic acids is 1. The summed E-state index contributed by atoms with van der Waals surface area (Å²) in [7, 11) is 0. The SMILES string of the molecule is CCNCC1CCN(C(=O)c2ccc(N3CCN(C(C)C)CC3)cc2)CC1. The number of hydrogen-bond acceptors (Lipinski definition) is 4. The number of benzene rings is 1. The lowest BCUT2D eigenvalue weighted by Crippen LogP contribution is -2.48. The quantitative estimate of drug-likeness (QED) is 0.833. The van der Waals surface area contributed by atoms with Gasteiger partial charge in [-0.1, -0.05) is 6.92 Å². The molecule has 0 spiro atoms. The van der Waals surface area contributed by atoms with E-state index in [1.165, 1.54) is 5.69 Å². The lowest BCUT2D eigenvalue weighted by Gasteiger charge is -2.38. The van der Waals surface area contributed by atoms with E-state index in [0.717, 1.165) is 70.8 Å². The highest BCUT2D eigenvalue weighted by atomic mass is 16.2. The van der Waals surface area contributed by atoms with Gasteiger partial charge in [-0.25, -0.2) is 0 Å². The molecule has 2 heterocycles. The van der Waals surface area contributed by atoms with Gasteiger partial charge in [0.1, 0.15) is 0 Å². The van der Waals surface area contributed by atoms with Crippen LogP contribution in [0.3, 0.4) is 0 Å². The van der Waals surface area contributed by atoms with Crippen molar-refractivity contribution in [1.82, 2.24) is 15.1 Å². The minimum absolute atomic E-state index is 0.188. The highest BCUT2D eigenvalue weighted by Crippen LogP contribution is 2.21. The van der Waals surface area contributed by atoms with E-state index in [4.69, 9.17) is 0 Å². The molecule has 2 aliphatic rings. The van der Waals surface area contributed by atoms with Crippen LogP contribution in [0.1, 0.15) is 44.0 Å². The van der Waals surface area contributed by atoms with Crippen molar-refractivity contribution >= 4 is 11.6 Å². The third-order valence-corrected chi connectivity index (χ3v) is 6.11. The molecule has 150 valence electrons. The predicted octanol–water partition coefficient (Wildman–Crippen LogP) is 2.68. The maximum Gasteiger partial charge on any atom is 0.253 e. The molecule has 0 bridgehead atoms. The fourth-order valence-electron chi connectivity index (χ4n) is 4.18. The molecule has 0 atom stereocenters. The van der Waals surface area contributed by atoms with Gasteiger partial charge in [0.25, 0.3) is 5.91 Å². The first kappa shape index (κ1) is 20.2. The van der Waals surface area contributed by atoms with Crippen LogP contribution >= 0.6 is 0 Å². The number of piperidine rings is 1. The van der Waals surface area contributed by atoms with Crippen LogP contribution in [0, 0.1) is 5.92 Å². The molecule has 1 aromatic carbocycles. The topological polar surface area (TPSA) is 38.8 Å². The molecule has 2 aliphatic heterocycles. The Kier molecular flexibility index (Phi) is 7.13. The van der Waals surface area contributed by atoms with E-state index in [9.17, 15) is 4.79 Å². The van der Waals surface area contributed by atoms with Crippen LogP contribution in [0.2, 0.25) is 0 Å². The first-order valence-electron chi connectivity index (χ1n) is 10.7. The molecule has 1 N–H and O–H groups in total. The Balaban J connectivity index is 1.51. The number of likely N-dealkylation sites (tertiary alicyclic amines) is 1. The second-order valence-electron chi connectivity index (χ2n) is 8.21. The van der Waals surface area contributed by atoms with Crippen LogP contribution in [-0.4, -0.2) is 74.1 Å². The highest BCUT2D eigenvalue weighted by molar-refractivity contribution is 5.94. The van der Waals surface area contributed by atoms with Gasteiger partial charge in [-0.15, -0.1) is 0 Å². The Morgan fingerprint density at radius 3 is 2.22 bits per heavy atom. The molecule has 5 heteroatoms. The van der Waals surface area contributed by atoms with Crippen LogP contribution in [0.15, 0.2) is 24.3 Å². The molecule has 1 aromatic rings. The lowest BCUT2D eigenvalue weighted by molar-refractivity contribution is 0.0690. The summed E-state index contributed by atoms with van der Waals surface area (Å²) in [5, 5.41) is 3.43. The van der Waals surface area contributed by atoms with Gasteiger partial charge in [-0.05, 0) is 70.0 Å². The minimum atomic E-state index is 0.188. The number of anilines is 1. The second kappa shape index (κ2) is 9.56. The van der Waals surface area contributed by atoms with Gasteiger partial charge >= 0.3 is 0 Å². The van der Waals surface area contributed by atoms with Gasteiger partial charge in [0.2, 0.25) is 0 Å². The van der Waals surface area contributed by atoms with Gasteiger partial charge in [0, 0.05) is 56.6 Å². The van der Waals surface area contributed by atoms with Crippen molar-refractivity contribution in [2.75, 3.05) is 57.3 Å². The van der Waals surface area contributed by atoms with E-state index in [2.05, 4.69) is 48.0 Å². The number of piperazine rings is 1. The lowest BCUT2D eigenvalue weighted by atomic mass is 9.96. The van der Waals surface area contributed by atoms with E-state index >= 15 is 0 Å². The zero-order valence-electron chi connectivity index (χ0n) is 17.3. The third kappa shape index (κ3) is 5.23. The first-order chi connectivity index (χ1) is 13.1. The van der Waals surface area contributed by atoms with Gasteiger partial charge in [-0.3, -0.25) is 9.69 Å². The monoisotopic (exact) mass is 372 g/mol. The third-order valence-electron chi connectivity index (χ3n) is 6.11. The fourth-order valence-corrected chi connectivity index (χ4v) is 4.18. The van der Waals surface area contributed by atoms with Crippen molar-refractivity contribution in [3.05, 3.63) is 29.8 Å². The molecule has 0 aromatic heterocycles. The van der Waals surface area contributed by atoms with Gasteiger partial charge in [-0.2, -0.15) is 0 Å². The maximum absolute atomic E-state index is 12.8. The Morgan fingerprint density at radius 1 is 1.04 bits per heavy atom. The normalized spacial score (nSPS) is 19.7. The number of amides is 1. The van der Waals surface area contributed by atoms with E-state index in [1.807, 2.05) is 17.0 Å². The number of hydrogen-bond donors (Lipinski definition) is 1. The molecule has 1 amide bonds. The summed E-state index contributed by atoms with van der Waals surface area (Å²) in [6, 6.07) is 8.88. The van der Waals surface area contributed by atoms with Crippen molar-refractivity contribution < 1.29 is 4.79 Å². The summed E-state index contributed by atoms with van der Waals surface area (Å²) in [5.74, 6) is 0.897. The van der Waals surface area contributed by atoms with Crippen molar-refractivity contribution in [2.45, 2.75) is 39.7 Å². The minimum Gasteiger partial charge on any atom is -0.369 e. The van der Waals surface area contributed by atoms with Crippen molar-refractivity contribution in [3.63, 3.8) is 0 Å². The van der Waals surface area contributed by atoms with E-state index in [0.29, 0.717) is 12.0 Å². The average Bonchev–Trinajstić information content (AvgIpc) is 2.72. The predicted molar refractivity (Wildman–Crippen MR) is 113 cm³/mol. The van der Waals surface area contributed by atoms with Crippen LogP contribution < -0.4 is 10.2 Å². The largest absolute Gasteiger partial charge is 0.369 e. The Morgan fingerprint density at radius 2 is 1.67 bits per heavy atom. The molecule has 2 saturated heterocycles. The molecule has 3 rings (SSSR count). The van der Waals surface area contributed by atoms with Gasteiger partial charge in [0.05, 0.1) is 0 Å². The zero-order chi connectivity index (χ0) is 19.2. The zero-order valence-corrected chi connectivity index (χ0v) is 17.3. The van der Waals surface area contributed by atoms with Crippen LogP contribution in [0.5, 0.6) is 0 Å². The summed E-state index contributed by atoms with van der Waals surface area (Å²) in [5.41, 5.74) is 2.06. The number of nitrogens with zero attached hydrogens (tertiary/aromatic N) is 3. The molecular formula is C22H36N4O. The fraction of sp³-hybridized carbons (Fsp3) is 0.682. The molecule has 0 aliphatic carbocycles. The van der Waals surface area contributed by atoms with Gasteiger partial charge < -0.3 is 15.1 Å². The Labute approximate surface area is 164 Å². The Bertz CT molecular complexity index is 585. The second-order valence-corrected chi connectivity index (χ2v) is 8.21. The standard InChI is InChI=1S/C22H36N4O/c1-4-23-17-19-9-11-26(12-10-19)22(27)20-5-7-21(8-6-20)25-15-13-24(14-16-25)18(2)3/h5-8,18-19,23H,4,9-17H2,1-3H3. The molecular weight excluding hydrogens is 336 g/mol. The highest BCUT2D eigenvalue weighted by Gasteiger charge is 2.24. The van der Waals surface area contributed by atoms with E-state index in [-0.39, 0.29) is 5.91 Å².